The van der Waals surface area contributed by atoms with Crippen LogP contribution in [-0.2, 0) is 22.7 Å². The second kappa shape index (κ2) is 13.9. The number of aromatic nitrogens is 3. The van der Waals surface area contributed by atoms with Gasteiger partial charge in [0, 0.05) is 0 Å². The summed E-state index contributed by atoms with van der Waals surface area (Å²) in [6.07, 6.45) is 4.27. The molecule has 3 N–H and O–H groups in total. The number of benzene rings is 1. The summed E-state index contributed by atoms with van der Waals surface area (Å²) in [6.45, 7) is 7.63. The molecule has 0 aliphatic carbocycles. The number of aryl methyl sites for hydroxylation is 1. The van der Waals surface area contributed by atoms with Crippen LogP contribution in [0.2, 0.25) is 0 Å². The van der Waals surface area contributed by atoms with Gasteiger partial charge in [-0.3, -0.25) is 14.4 Å². The van der Waals surface area contributed by atoms with Gasteiger partial charge >= 0.3 is 0 Å². The maximum absolute atomic E-state index is 13.5. The first-order chi connectivity index (χ1) is 18.1. The van der Waals surface area contributed by atoms with E-state index >= 15 is 0 Å². The van der Waals surface area contributed by atoms with Crippen LogP contribution in [0, 0.1) is 12.8 Å². The van der Waals surface area contributed by atoms with E-state index in [9.17, 15) is 14.4 Å². The Morgan fingerprint density at radius 3 is 2.63 bits per heavy atom. The second-order valence-corrected chi connectivity index (χ2v) is 10.6. The van der Waals surface area contributed by atoms with E-state index in [1.807, 2.05) is 40.9 Å². The molecule has 11 heteroatoms. The van der Waals surface area contributed by atoms with E-state index in [-0.39, 0.29) is 30.9 Å². The Labute approximate surface area is 224 Å². The van der Waals surface area contributed by atoms with Crippen molar-refractivity contribution in [3.05, 3.63) is 41.2 Å². The molecule has 208 valence electrons. The van der Waals surface area contributed by atoms with Gasteiger partial charge in [0.25, 0.3) is 5.91 Å². The molecular formula is C27H41N7O4. The van der Waals surface area contributed by atoms with Gasteiger partial charge in [0.2, 0.25) is 11.8 Å². The summed E-state index contributed by atoms with van der Waals surface area (Å²) in [6, 6.07) is 3.85. The average molecular weight is 528 g/mol. The normalized spacial score (nSPS) is 19.3. The standard InChI is InChI=1S/C27H41N7O4/c1-18(2)14-23-26(36)28-16-20-17-34(32-31-20)12-13-38-24-10-9-19(3)15-21(24)25(35)29-22(27(37)30-23)8-6-7-11-33(4)5/h9-10,15,17-18,22-23H,6-8,11-14,16H2,1-5H3,(H,28,36)(H,29,35)(H,30,37)/t22-,23+/m0/s1. The molecule has 0 unspecified atom stereocenters. The summed E-state index contributed by atoms with van der Waals surface area (Å²) in [7, 11) is 4.00. The van der Waals surface area contributed by atoms with Gasteiger partial charge in [0.1, 0.15) is 30.1 Å². The highest BCUT2D eigenvalue weighted by atomic mass is 16.5. The zero-order valence-corrected chi connectivity index (χ0v) is 23.1. The lowest BCUT2D eigenvalue weighted by Gasteiger charge is -2.24. The first-order valence-electron chi connectivity index (χ1n) is 13.3. The van der Waals surface area contributed by atoms with E-state index in [0.29, 0.717) is 36.4 Å². The number of rotatable bonds is 7. The predicted molar refractivity (Wildman–Crippen MR) is 144 cm³/mol. The third kappa shape index (κ3) is 8.83. The van der Waals surface area contributed by atoms with Crippen LogP contribution >= 0.6 is 0 Å². The van der Waals surface area contributed by atoms with E-state index in [4.69, 9.17) is 4.74 Å². The monoisotopic (exact) mass is 527 g/mol. The molecule has 1 aromatic carbocycles. The Bertz CT molecular complexity index is 1100. The van der Waals surface area contributed by atoms with Crippen LogP contribution in [0.3, 0.4) is 0 Å². The lowest BCUT2D eigenvalue weighted by atomic mass is 10.0. The van der Waals surface area contributed by atoms with Crippen LogP contribution < -0.4 is 20.7 Å². The van der Waals surface area contributed by atoms with Gasteiger partial charge in [-0.15, -0.1) is 5.10 Å². The molecular weight excluding hydrogens is 486 g/mol. The number of unbranched alkanes of at least 4 members (excludes halogenated alkanes) is 1. The molecule has 0 spiro atoms. The van der Waals surface area contributed by atoms with Crippen LogP contribution in [0.5, 0.6) is 5.75 Å². The van der Waals surface area contributed by atoms with Crippen molar-refractivity contribution in [3.8, 4) is 5.75 Å². The Morgan fingerprint density at radius 1 is 1.11 bits per heavy atom. The summed E-state index contributed by atoms with van der Waals surface area (Å²) in [4.78, 5) is 42.1. The highest BCUT2D eigenvalue weighted by Gasteiger charge is 2.28. The topological polar surface area (TPSA) is 130 Å². The molecule has 0 saturated heterocycles. The second-order valence-electron chi connectivity index (χ2n) is 10.6. The zero-order chi connectivity index (χ0) is 27.7. The van der Waals surface area contributed by atoms with Crippen molar-refractivity contribution < 1.29 is 19.1 Å². The minimum atomic E-state index is -0.796. The van der Waals surface area contributed by atoms with Crippen molar-refractivity contribution in [2.24, 2.45) is 5.92 Å². The first kappa shape index (κ1) is 29.1. The molecule has 2 bridgehead atoms. The fourth-order valence-corrected chi connectivity index (χ4v) is 4.28. The van der Waals surface area contributed by atoms with Gasteiger partial charge < -0.3 is 25.6 Å². The molecule has 3 amide bonds. The SMILES string of the molecule is Cc1ccc2c(c1)C(=O)N[C@@H](CCCCN(C)C)C(=O)N[C@H](CC(C)C)C(=O)NCc1cn(nn1)CCO2. The Hall–Kier alpha value is -3.47. The molecule has 38 heavy (non-hydrogen) atoms. The van der Waals surface area contributed by atoms with Crippen LogP contribution in [0.15, 0.2) is 24.4 Å². The van der Waals surface area contributed by atoms with Crippen molar-refractivity contribution in [1.82, 2.24) is 35.8 Å². The number of fused-ring (bicyclic) bond motifs is 3. The fraction of sp³-hybridized carbons (Fsp3) is 0.593. The average Bonchev–Trinajstić information content (AvgIpc) is 3.31. The number of carbonyl (C=O) groups is 3. The zero-order valence-electron chi connectivity index (χ0n) is 23.1. The van der Waals surface area contributed by atoms with Gasteiger partial charge in [0.05, 0.1) is 24.8 Å². The van der Waals surface area contributed by atoms with Crippen LogP contribution in [0.1, 0.15) is 61.1 Å². The summed E-state index contributed by atoms with van der Waals surface area (Å²) < 4.78 is 7.57. The largest absolute Gasteiger partial charge is 0.491 e. The van der Waals surface area contributed by atoms with E-state index in [0.717, 1.165) is 24.9 Å². The predicted octanol–water partition coefficient (Wildman–Crippen LogP) is 1.66. The molecule has 1 aliphatic heterocycles. The smallest absolute Gasteiger partial charge is 0.255 e. The van der Waals surface area contributed by atoms with Gasteiger partial charge in [-0.25, -0.2) is 4.68 Å². The summed E-state index contributed by atoms with van der Waals surface area (Å²) in [5.74, 6) is -0.476. The first-order valence-corrected chi connectivity index (χ1v) is 13.3. The molecule has 2 heterocycles. The molecule has 1 aliphatic rings. The van der Waals surface area contributed by atoms with Crippen LogP contribution in [0.25, 0.3) is 0 Å². The number of amides is 3. The van der Waals surface area contributed by atoms with Crippen molar-refractivity contribution in [2.45, 2.75) is 71.6 Å². The van der Waals surface area contributed by atoms with Crippen molar-refractivity contribution in [1.29, 1.82) is 0 Å². The lowest BCUT2D eigenvalue weighted by molar-refractivity contribution is -0.130. The van der Waals surface area contributed by atoms with E-state index in [1.165, 1.54) is 0 Å². The number of nitrogens with one attached hydrogen (secondary N) is 3. The lowest BCUT2D eigenvalue weighted by Crippen LogP contribution is -2.54. The van der Waals surface area contributed by atoms with Gasteiger partial charge in [-0.1, -0.05) is 30.7 Å². The van der Waals surface area contributed by atoms with Gasteiger partial charge in [0.15, 0.2) is 0 Å². The van der Waals surface area contributed by atoms with E-state index < -0.39 is 18.0 Å². The van der Waals surface area contributed by atoms with Crippen molar-refractivity contribution in [3.63, 3.8) is 0 Å². The van der Waals surface area contributed by atoms with E-state index in [2.05, 4.69) is 31.2 Å². The highest BCUT2D eigenvalue weighted by Crippen LogP contribution is 2.21. The molecule has 2 aromatic rings. The summed E-state index contributed by atoms with van der Waals surface area (Å²) in [5, 5.41) is 16.9. The van der Waals surface area contributed by atoms with Crippen molar-refractivity contribution in [2.75, 3.05) is 27.2 Å². The minimum Gasteiger partial charge on any atom is -0.491 e. The maximum atomic E-state index is 13.5. The Morgan fingerprint density at radius 2 is 1.89 bits per heavy atom. The summed E-state index contributed by atoms with van der Waals surface area (Å²) in [5.41, 5.74) is 1.86. The molecule has 3 rings (SSSR count). The quantitative estimate of drug-likeness (QED) is 0.467. The minimum absolute atomic E-state index is 0.168. The number of hydrogen-bond donors (Lipinski definition) is 3. The number of nitrogens with zero attached hydrogens (tertiary/aromatic N) is 4. The molecule has 11 nitrogen and oxygen atoms in total. The Kier molecular flexibility index (Phi) is 10.6. The molecule has 2 atom stereocenters. The van der Waals surface area contributed by atoms with Crippen LogP contribution in [-0.4, -0.2) is 76.9 Å². The Balaban J connectivity index is 1.90. The maximum Gasteiger partial charge on any atom is 0.255 e. The number of carbonyl (C=O) groups excluding carboxylic acids is 3. The van der Waals surface area contributed by atoms with Crippen LogP contribution in [0.4, 0.5) is 0 Å². The molecule has 0 radical (unpaired) electrons. The third-order valence-corrected chi connectivity index (χ3v) is 6.30. The molecule has 1 aromatic heterocycles. The highest BCUT2D eigenvalue weighted by molar-refractivity contribution is 6.00. The fourth-order valence-electron chi connectivity index (χ4n) is 4.28. The van der Waals surface area contributed by atoms with Gasteiger partial charge in [-0.2, -0.15) is 0 Å². The third-order valence-electron chi connectivity index (χ3n) is 6.30. The molecule has 0 fully saturated rings. The molecule has 0 saturated carbocycles. The number of hydrogen-bond acceptors (Lipinski definition) is 7. The number of ether oxygens (including phenoxy) is 1. The van der Waals surface area contributed by atoms with Crippen molar-refractivity contribution >= 4 is 17.7 Å². The van der Waals surface area contributed by atoms with E-state index in [1.54, 1.807) is 23.0 Å². The summed E-state index contributed by atoms with van der Waals surface area (Å²) >= 11 is 0. The van der Waals surface area contributed by atoms with Gasteiger partial charge in [-0.05, 0) is 71.3 Å².